The van der Waals surface area contributed by atoms with Gasteiger partial charge in [0.15, 0.2) is 0 Å². The molecule has 144 valence electrons. The lowest BCUT2D eigenvalue weighted by atomic mass is 10.2. The third-order valence-electron chi connectivity index (χ3n) is 3.74. The fourth-order valence-electron chi connectivity index (χ4n) is 2.49. The molecule has 7 nitrogen and oxygen atoms in total. The second-order valence-corrected chi connectivity index (χ2v) is 7.05. The van der Waals surface area contributed by atoms with Gasteiger partial charge in [-0.25, -0.2) is 14.8 Å². The molecule has 0 bridgehead atoms. The summed E-state index contributed by atoms with van der Waals surface area (Å²) < 4.78 is 6.60. The third-order valence-corrected chi connectivity index (χ3v) is 4.24. The summed E-state index contributed by atoms with van der Waals surface area (Å²) in [6.45, 7) is 0.366. The number of ether oxygens (including phenoxy) is 1. The molecule has 0 aliphatic carbocycles. The zero-order valence-corrected chi connectivity index (χ0v) is 17.1. The molecule has 0 fully saturated rings. The number of hydrogen-bond acceptors (Lipinski definition) is 5. The molecule has 28 heavy (non-hydrogen) atoms. The number of amides is 2. The molecule has 1 aromatic carbocycles. The number of halogens is 1. The van der Waals surface area contributed by atoms with Gasteiger partial charge in [0.2, 0.25) is 5.88 Å². The molecule has 2 amide bonds. The maximum Gasteiger partial charge on any atom is 0.319 e. The van der Waals surface area contributed by atoms with Crippen molar-refractivity contribution in [3.8, 4) is 11.6 Å². The number of urea groups is 1. The Balaban J connectivity index is 1.55. The van der Waals surface area contributed by atoms with Crippen LogP contribution >= 0.6 is 15.9 Å². The lowest BCUT2D eigenvalue weighted by Crippen LogP contribution is -2.29. The number of nitrogens with zero attached hydrogens (tertiary/aromatic N) is 3. The molecule has 0 saturated carbocycles. The van der Waals surface area contributed by atoms with Gasteiger partial charge in [-0.05, 0) is 30.3 Å². The molecule has 0 aliphatic heterocycles. The predicted octanol–water partition coefficient (Wildman–Crippen LogP) is 4.42. The Kier molecular flexibility index (Phi) is 6.44. The van der Waals surface area contributed by atoms with E-state index in [0.717, 1.165) is 15.9 Å². The quantitative estimate of drug-likeness (QED) is 0.591. The van der Waals surface area contributed by atoms with Gasteiger partial charge in [-0.2, -0.15) is 0 Å². The molecule has 0 aliphatic rings. The number of anilines is 2. The van der Waals surface area contributed by atoms with Gasteiger partial charge in [0.1, 0.15) is 11.6 Å². The van der Waals surface area contributed by atoms with Gasteiger partial charge in [-0.1, -0.05) is 28.1 Å². The van der Waals surface area contributed by atoms with Crippen molar-refractivity contribution in [2.75, 3.05) is 24.3 Å². The summed E-state index contributed by atoms with van der Waals surface area (Å²) in [5.41, 5.74) is 1.50. The van der Waals surface area contributed by atoms with Crippen LogP contribution in [0.2, 0.25) is 0 Å². The lowest BCUT2D eigenvalue weighted by molar-refractivity contribution is 0.251. The van der Waals surface area contributed by atoms with Crippen molar-refractivity contribution >= 4 is 33.5 Å². The number of rotatable bonds is 6. The van der Waals surface area contributed by atoms with E-state index in [4.69, 9.17) is 4.74 Å². The largest absolute Gasteiger partial charge is 0.439 e. The van der Waals surface area contributed by atoms with Crippen molar-refractivity contribution in [1.82, 2.24) is 15.3 Å². The van der Waals surface area contributed by atoms with Gasteiger partial charge in [0.25, 0.3) is 0 Å². The summed E-state index contributed by atoms with van der Waals surface area (Å²) in [5.74, 6) is 1.93. The number of pyridine rings is 2. The minimum Gasteiger partial charge on any atom is -0.439 e. The lowest BCUT2D eigenvalue weighted by Gasteiger charge is -2.16. The van der Waals surface area contributed by atoms with Gasteiger partial charge in [0.05, 0.1) is 11.9 Å². The molecule has 3 rings (SSSR count). The number of carbonyl (C=O) groups excluding carboxylic acids is 1. The van der Waals surface area contributed by atoms with Crippen LogP contribution in [0.1, 0.15) is 5.56 Å². The van der Waals surface area contributed by atoms with Crippen LogP contribution in [0.15, 0.2) is 65.4 Å². The van der Waals surface area contributed by atoms with Crippen molar-refractivity contribution in [3.63, 3.8) is 0 Å². The Morgan fingerprint density at radius 1 is 1.14 bits per heavy atom. The summed E-state index contributed by atoms with van der Waals surface area (Å²) in [6, 6.07) is 14.4. The molecule has 2 N–H and O–H groups in total. The Hall–Kier alpha value is -3.13. The van der Waals surface area contributed by atoms with Crippen molar-refractivity contribution in [2.45, 2.75) is 6.54 Å². The van der Waals surface area contributed by atoms with E-state index in [-0.39, 0.29) is 6.03 Å². The van der Waals surface area contributed by atoms with E-state index in [0.29, 0.717) is 23.9 Å². The molecule has 0 unspecified atom stereocenters. The third kappa shape index (κ3) is 5.43. The second-order valence-electron chi connectivity index (χ2n) is 6.13. The van der Waals surface area contributed by atoms with Crippen molar-refractivity contribution in [1.29, 1.82) is 0 Å². The maximum absolute atomic E-state index is 12.2. The summed E-state index contributed by atoms with van der Waals surface area (Å²) in [4.78, 5) is 22.6. The second kappa shape index (κ2) is 9.18. The number of carbonyl (C=O) groups is 1. The van der Waals surface area contributed by atoms with E-state index in [1.54, 1.807) is 24.5 Å². The zero-order chi connectivity index (χ0) is 19.9. The number of nitrogens with one attached hydrogen (secondary N) is 2. The van der Waals surface area contributed by atoms with Gasteiger partial charge >= 0.3 is 6.03 Å². The van der Waals surface area contributed by atoms with Crippen molar-refractivity contribution in [3.05, 3.63) is 71.0 Å². The van der Waals surface area contributed by atoms with Crippen LogP contribution in [-0.2, 0) is 6.54 Å². The average molecular weight is 442 g/mol. The Labute approximate surface area is 171 Å². The number of hydrogen-bond donors (Lipinski definition) is 2. The Morgan fingerprint density at radius 2 is 2.00 bits per heavy atom. The molecular formula is C20H20BrN5O2. The highest BCUT2D eigenvalue weighted by Crippen LogP contribution is 2.23. The molecule has 0 radical (unpaired) electrons. The number of benzene rings is 1. The van der Waals surface area contributed by atoms with E-state index in [1.807, 2.05) is 55.4 Å². The van der Waals surface area contributed by atoms with Gasteiger partial charge in [-0.3, -0.25) is 0 Å². The first-order valence-electron chi connectivity index (χ1n) is 8.57. The van der Waals surface area contributed by atoms with Crippen LogP contribution in [0.3, 0.4) is 0 Å². The van der Waals surface area contributed by atoms with Crippen LogP contribution in [-0.4, -0.2) is 30.1 Å². The van der Waals surface area contributed by atoms with E-state index < -0.39 is 0 Å². The van der Waals surface area contributed by atoms with Crippen LogP contribution < -0.4 is 20.3 Å². The molecule has 2 aromatic heterocycles. The van der Waals surface area contributed by atoms with E-state index >= 15 is 0 Å². The monoisotopic (exact) mass is 441 g/mol. The topological polar surface area (TPSA) is 79.4 Å². The predicted molar refractivity (Wildman–Crippen MR) is 113 cm³/mol. The smallest absolute Gasteiger partial charge is 0.319 e. The Morgan fingerprint density at radius 3 is 2.71 bits per heavy atom. The highest BCUT2D eigenvalue weighted by molar-refractivity contribution is 9.10. The SMILES string of the molecule is CN(C)c1ncccc1CNC(=O)Nc1ccc(Oc2cccc(Br)c2)nc1. The van der Waals surface area contributed by atoms with Gasteiger partial charge in [-0.15, -0.1) is 0 Å². The van der Waals surface area contributed by atoms with Crippen LogP contribution in [0.4, 0.5) is 16.3 Å². The minimum absolute atomic E-state index is 0.323. The molecule has 2 heterocycles. The normalized spacial score (nSPS) is 10.2. The first-order valence-corrected chi connectivity index (χ1v) is 9.36. The zero-order valence-electron chi connectivity index (χ0n) is 15.5. The summed E-state index contributed by atoms with van der Waals surface area (Å²) in [6.07, 6.45) is 3.27. The molecule has 0 saturated heterocycles. The van der Waals surface area contributed by atoms with Crippen molar-refractivity contribution in [2.24, 2.45) is 0 Å². The first kappa shape index (κ1) is 19.6. The number of aromatic nitrogens is 2. The van der Waals surface area contributed by atoms with Crippen LogP contribution in [0.25, 0.3) is 0 Å². The summed E-state index contributed by atoms with van der Waals surface area (Å²) in [7, 11) is 3.82. The summed E-state index contributed by atoms with van der Waals surface area (Å²) in [5, 5.41) is 5.57. The minimum atomic E-state index is -0.323. The molecule has 3 aromatic rings. The maximum atomic E-state index is 12.2. The van der Waals surface area contributed by atoms with Crippen LogP contribution in [0, 0.1) is 0 Å². The van der Waals surface area contributed by atoms with E-state index in [2.05, 4.69) is 36.5 Å². The Bertz CT molecular complexity index is 947. The first-order chi connectivity index (χ1) is 13.5. The van der Waals surface area contributed by atoms with Gasteiger partial charge in [0, 0.05) is 42.9 Å². The van der Waals surface area contributed by atoms with Gasteiger partial charge < -0.3 is 20.3 Å². The molecular weight excluding hydrogens is 422 g/mol. The standard InChI is InChI=1S/C20H20BrN5O2/c1-26(2)19-14(5-4-10-22-19)12-24-20(27)25-16-8-9-18(23-13-16)28-17-7-3-6-15(21)11-17/h3-11,13H,12H2,1-2H3,(H2,24,25,27). The average Bonchev–Trinajstić information content (AvgIpc) is 2.68. The molecule has 8 heteroatoms. The highest BCUT2D eigenvalue weighted by Gasteiger charge is 2.08. The fourth-order valence-corrected chi connectivity index (χ4v) is 2.87. The highest BCUT2D eigenvalue weighted by atomic mass is 79.9. The summed E-state index contributed by atoms with van der Waals surface area (Å²) >= 11 is 3.40. The fraction of sp³-hybridized carbons (Fsp3) is 0.150. The molecule has 0 spiro atoms. The van der Waals surface area contributed by atoms with Crippen LogP contribution in [0.5, 0.6) is 11.6 Å². The van der Waals surface area contributed by atoms with E-state index in [9.17, 15) is 4.79 Å². The van der Waals surface area contributed by atoms with E-state index in [1.165, 1.54) is 0 Å². The van der Waals surface area contributed by atoms with Crippen molar-refractivity contribution < 1.29 is 9.53 Å². The molecule has 0 atom stereocenters.